The van der Waals surface area contributed by atoms with Crippen molar-refractivity contribution in [3.05, 3.63) is 41.6 Å². The number of rotatable bonds is 5. The predicted molar refractivity (Wildman–Crippen MR) is 102 cm³/mol. The van der Waals surface area contributed by atoms with E-state index < -0.39 is 0 Å². The summed E-state index contributed by atoms with van der Waals surface area (Å²) >= 11 is 1.51. The molecular weight excluding hydrogens is 346 g/mol. The van der Waals surface area contributed by atoms with Crippen molar-refractivity contribution in [3.63, 3.8) is 0 Å². The number of aromatic amines is 1. The summed E-state index contributed by atoms with van der Waals surface area (Å²) in [6.45, 7) is 5.12. The van der Waals surface area contributed by atoms with Crippen LogP contribution in [0.1, 0.15) is 41.0 Å². The molecule has 1 amide bonds. The Bertz CT molecular complexity index is 797. The number of pyridine rings is 1. The third-order valence-electron chi connectivity index (χ3n) is 5.86. The van der Waals surface area contributed by atoms with Crippen molar-refractivity contribution < 1.29 is 4.79 Å². The second kappa shape index (κ2) is 7.04. The van der Waals surface area contributed by atoms with Crippen molar-refractivity contribution in [2.45, 2.75) is 43.8 Å². The Balaban J connectivity index is 1.31. The molecule has 138 valence electrons. The fourth-order valence-electron chi connectivity index (χ4n) is 3.98. The van der Waals surface area contributed by atoms with Crippen LogP contribution in [0.5, 0.6) is 0 Å². The number of nitrogens with one attached hydrogen (secondary N) is 2. The van der Waals surface area contributed by atoms with E-state index in [9.17, 15) is 4.79 Å². The molecule has 1 spiro atoms. The van der Waals surface area contributed by atoms with Crippen molar-refractivity contribution in [1.82, 2.24) is 25.2 Å². The average Bonchev–Trinajstić information content (AvgIpc) is 3.15. The van der Waals surface area contributed by atoms with Gasteiger partial charge in [0.05, 0.1) is 17.6 Å². The zero-order valence-electron chi connectivity index (χ0n) is 15.3. The number of amides is 1. The lowest BCUT2D eigenvalue weighted by atomic mass is 9.92. The number of likely N-dealkylation sites (tertiary alicyclic amines) is 1. The van der Waals surface area contributed by atoms with Crippen LogP contribution in [0.15, 0.2) is 29.7 Å². The molecule has 0 radical (unpaired) electrons. The molecule has 7 heteroatoms. The standard InChI is InChI=1S/C19H25N5OS/c1-13-15(22-12-21-13)11-24-8-5-19(6-9-24)10-16(19)23-17(25)14-4-3-7-20-18(14)26-2/h3-4,7,12,16H,5-6,8-11H2,1-2H3,(H,21,22)(H,23,25). The number of thioether (sulfide) groups is 1. The lowest BCUT2D eigenvalue weighted by Crippen LogP contribution is -2.38. The van der Waals surface area contributed by atoms with E-state index >= 15 is 0 Å². The largest absolute Gasteiger partial charge is 0.349 e. The minimum absolute atomic E-state index is 0.0129. The fraction of sp³-hybridized carbons (Fsp3) is 0.526. The highest BCUT2D eigenvalue weighted by molar-refractivity contribution is 7.98. The van der Waals surface area contributed by atoms with Gasteiger partial charge in [-0.1, -0.05) is 0 Å². The van der Waals surface area contributed by atoms with Gasteiger partial charge < -0.3 is 10.3 Å². The summed E-state index contributed by atoms with van der Waals surface area (Å²) < 4.78 is 0. The molecule has 2 aromatic rings. The van der Waals surface area contributed by atoms with Crippen molar-refractivity contribution in [1.29, 1.82) is 0 Å². The van der Waals surface area contributed by atoms with Crippen molar-refractivity contribution in [2.24, 2.45) is 5.41 Å². The number of piperidine rings is 1. The predicted octanol–water partition coefficient (Wildman–Crippen LogP) is 2.62. The lowest BCUT2D eigenvalue weighted by Gasteiger charge is -2.32. The minimum atomic E-state index is 0.0129. The van der Waals surface area contributed by atoms with Crippen molar-refractivity contribution in [2.75, 3.05) is 19.3 Å². The average molecular weight is 372 g/mol. The first-order chi connectivity index (χ1) is 12.6. The van der Waals surface area contributed by atoms with Crippen LogP contribution in [-0.2, 0) is 6.54 Å². The van der Waals surface area contributed by atoms with E-state index in [0.29, 0.717) is 17.0 Å². The van der Waals surface area contributed by atoms with Gasteiger partial charge in [0.1, 0.15) is 5.03 Å². The number of aryl methyl sites for hydroxylation is 1. The maximum Gasteiger partial charge on any atom is 0.254 e. The van der Waals surface area contributed by atoms with Gasteiger partial charge in [-0.3, -0.25) is 9.69 Å². The zero-order valence-corrected chi connectivity index (χ0v) is 16.1. The van der Waals surface area contributed by atoms with Gasteiger partial charge in [0.25, 0.3) is 5.91 Å². The second-order valence-electron chi connectivity index (χ2n) is 7.40. The second-order valence-corrected chi connectivity index (χ2v) is 8.20. The van der Waals surface area contributed by atoms with Gasteiger partial charge >= 0.3 is 0 Å². The van der Waals surface area contributed by atoms with Gasteiger partial charge in [-0.15, -0.1) is 11.8 Å². The van der Waals surface area contributed by atoms with Crippen LogP contribution in [-0.4, -0.2) is 51.1 Å². The lowest BCUT2D eigenvalue weighted by molar-refractivity contribution is 0.0930. The minimum Gasteiger partial charge on any atom is -0.349 e. The Labute approximate surface area is 158 Å². The molecule has 1 aliphatic carbocycles. The van der Waals surface area contributed by atoms with Gasteiger partial charge in [0.2, 0.25) is 0 Å². The summed E-state index contributed by atoms with van der Waals surface area (Å²) in [7, 11) is 0. The van der Waals surface area contributed by atoms with Crippen LogP contribution in [0, 0.1) is 12.3 Å². The van der Waals surface area contributed by atoms with Gasteiger partial charge in [0.15, 0.2) is 0 Å². The molecule has 1 saturated heterocycles. The normalized spacial score (nSPS) is 21.7. The monoisotopic (exact) mass is 371 g/mol. The first-order valence-corrected chi connectivity index (χ1v) is 10.3. The third kappa shape index (κ3) is 3.38. The van der Waals surface area contributed by atoms with Gasteiger partial charge in [0, 0.05) is 24.5 Å². The maximum absolute atomic E-state index is 12.6. The van der Waals surface area contributed by atoms with Gasteiger partial charge in [-0.2, -0.15) is 0 Å². The van der Waals surface area contributed by atoms with Crippen LogP contribution in [0.2, 0.25) is 0 Å². The van der Waals surface area contributed by atoms with E-state index in [0.717, 1.165) is 55.3 Å². The topological polar surface area (TPSA) is 73.9 Å². The van der Waals surface area contributed by atoms with Crippen molar-refractivity contribution >= 4 is 17.7 Å². The van der Waals surface area contributed by atoms with Gasteiger partial charge in [-0.25, -0.2) is 9.97 Å². The quantitative estimate of drug-likeness (QED) is 0.791. The van der Waals surface area contributed by atoms with E-state index in [1.54, 1.807) is 12.5 Å². The summed E-state index contributed by atoms with van der Waals surface area (Å²) in [4.78, 5) is 26.9. The molecule has 1 unspecified atom stereocenters. The number of imidazole rings is 1. The van der Waals surface area contributed by atoms with E-state index in [2.05, 4.69) is 32.1 Å². The SMILES string of the molecule is CSc1ncccc1C(=O)NC1CC12CCN(Cc1nc[nH]c1C)CC2. The van der Waals surface area contributed by atoms with Crippen LogP contribution >= 0.6 is 11.8 Å². The highest BCUT2D eigenvalue weighted by Crippen LogP contribution is 2.54. The molecule has 2 aliphatic rings. The number of H-pyrrole nitrogens is 1. The van der Waals surface area contributed by atoms with Crippen molar-refractivity contribution in [3.8, 4) is 0 Å². The highest BCUT2D eigenvalue weighted by Gasteiger charge is 2.55. The molecule has 6 nitrogen and oxygen atoms in total. The molecule has 1 atom stereocenters. The van der Waals surface area contributed by atoms with E-state index in [1.807, 2.05) is 18.4 Å². The molecule has 2 fully saturated rings. The third-order valence-corrected chi connectivity index (χ3v) is 6.58. The number of aromatic nitrogens is 3. The van der Waals surface area contributed by atoms with Crippen LogP contribution in [0.25, 0.3) is 0 Å². The van der Waals surface area contributed by atoms with E-state index in [-0.39, 0.29) is 5.91 Å². The summed E-state index contributed by atoms with van der Waals surface area (Å²) in [5.41, 5.74) is 3.29. The number of nitrogens with zero attached hydrogens (tertiary/aromatic N) is 3. The molecule has 3 heterocycles. The molecule has 1 aliphatic heterocycles. The number of hydrogen-bond donors (Lipinski definition) is 2. The Morgan fingerprint density at radius 2 is 2.23 bits per heavy atom. The summed E-state index contributed by atoms with van der Waals surface area (Å²) in [5.74, 6) is 0.0129. The molecule has 2 N–H and O–H groups in total. The maximum atomic E-state index is 12.6. The summed E-state index contributed by atoms with van der Waals surface area (Å²) in [6, 6.07) is 3.99. The molecule has 0 aromatic carbocycles. The Morgan fingerprint density at radius 3 is 2.92 bits per heavy atom. The van der Waals surface area contributed by atoms with Crippen LogP contribution in [0.3, 0.4) is 0 Å². The number of carbonyl (C=O) groups is 1. The Hall–Kier alpha value is -1.86. The fourth-order valence-corrected chi connectivity index (χ4v) is 4.53. The Kier molecular flexibility index (Phi) is 4.75. The van der Waals surface area contributed by atoms with E-state index in [4.69, 9.17) is 0 Å². The summed E-state index contributed by atoms with van der Waals surface area (Å²) in [5, 5.41) is 4.04. The highest BCUT2D eigenvalue weighted by atomic mass is 32.2. The van der Waals surface area contributed by atoms with E-state index in [1.165, 1.54) is 11.8 Å². The van der Waals surface area contributed by atoms with Gasteiger partial charge in [-0.05, 0) is 63.1 Å². The smallest absolute Gasteiger partial charge is 0.254 e. The Morgan fingerprint density at radius 1 is 1.42 bits per heavy atom. The number of carbonyl (C=O) groups excluding carboxylic acids is 1. The first-order valence-electron chi connectivity index (χ1n) is 9.12. The molecule has 26 heavy (non-hydrogen) atoms. The summed E-state index contributed by atoms with van der Waals surface area (Å²) in [6.07, 6.45) is 8.84. The first kappa shape index (κ1) is 17.5. The van der Waals surface area contributed by atoms with Crippen LogP contribution in [0.4, 0.5) is 0 Å². The number of hydrogen-bond acceptors (Lipinski definition) is 5. The zero-order chi connectivity index (χ0) is 18.1. The molecular formula is C19H25N5OS. The van der Waals surface area contributed by atoms with Crippen LogP contribution < -0.4 is 5.32 Å². The molecule has 2 aromatic heterocycles. The molecule has 0 bridgehead atoms. The molecule has 1 saturated carbocycles. The molecule has 4 rings (SSSR count).